The molecule has 3 heteroatoms. The van der Waals surface area contributed by atoms with Crippen molar-refractivity contribution in [1.82, 2.24) is 4.98 Å². The monoisotopic (exact) mass is 503 g/mol. The van der Waals surface area contributed by atoms with Crippen LogP contribution in [0.2, 0.25) is 0 Å². The van der Waals surface area contributed by atoms with E-state index < -0.39 is 0 Å². The van der Waals surface area contributed by atoms with Crippen molar-refractivity contribution in [2.75, 3.05) is 0 Å². The molecule has 0 aliphatic rings. The number of H-pyrrole nitrogens is 1. The minimum absolute atomic E-state index is 0.175. The number of hydrogen-bond acceptors (Lipinski definition) is 1. The third kappa shape index (κ3) is 3.49. The summed E-state index contributed by atoms with van der Waals surface area (Å²) in [6.45, 7) is 0. The number of para-hydroxylation sites is 1. The minimum atomic E-state index is -0.175. The van der Waals surface area contributed by atoms with Crippen molar-refractivity contribution < 1.29 is 5.11 Å². The summed E-state index contributed by atoms with van der Waals surface area (Å²) in [5.74, 6) is 0.120. The van der Waals surface area contributed by atoms with Gasteiger partial charge in [-0.2, -0.15) is 0 Å². The highest BCUT2D eigenvalue weighted by Gasteiger charge is 2.28. The number of aromatic amines is 1. The Bertz CT molecular complexity index is 1610. The van der Waals surface area contributed by atoms with Gasteiger partial charge in [0.2, 0.25) is 0 Å². The molecule has 1 aromatic heterocycles. The third-order valence-corrected chi connectivity index (χ3v) is 7.01. The number of aromatic hydroxyl groups is 1. The van der Waals surface area contributed by atoms with Gasteiger partial charge in [0.1, 0.15) is 5.75 Å². The maximum absolute atomic E-state index is 11.3. The van der Waals surface area contributed by atoms with Gasteiger partial charge in [0.25, 0.3) is 0 Å². The number of rotatable bonds is 4. The number of hydrogen-bond donors (Lipinski definition) is 2. The van der Waals surface area contributed by atoms with Crippen LogP contribution >= 0.6 is 15.9 Å². The van der Waals surface area contributed by atoms with Crippen LogP contribution in [0.15, 0.2) is 120 Å². The Morgan fingerprint density at radius 3 is 2.12 bits per heavy atom. The van der Waals surface area contributed by atoms with Crippen molar-refractivity contribution in [2.24, 2.45) is 0 Å². The molecule has 2 N–H and O–H groups in total. The number of nitrogens with one attached hydrogen (secondary N) is 1. The van der Waals surface area contributed by atoms with Crippen LogP contribution in [0, 0.1) is 0 Å². The van der Waals surface area contributed by atoms with E-state index in [4.69, 9.17) is 0 Å². The summed E-state index contributed by atoms with van der Waals surface area (Å²) in [4.78, 5) is 3.69. The standard InChI is InChI=1S/C31H22BrNO/c32-23-17-15-20-16-18-27(34)29(25(20)19-23)28(21-9-3-1-4-10-21)30-24-13-7-8-14-26(24)33-31(30)22-11-5-2-6-12-22/h1-19,28,33-34H/t28-/m0/s1. The molecule has 6 rings (SSSR count). The smallest absolute Gasteiger partial charge is 0.120 e. The molecule has 0 saturated heterocycles. The molecule has 0 saturated carbocycles. The predicted octanol–water partition coefficient (Wildman–Crippen LogP) is 8.64. The zero-order valence-corrected chi connectivity index (χ0v) is 20.0. The molecule has 6 aromatic rings. The van der Waals surface area contributed by atoms with Gasteiger partial charge in [0.15, 0.2) is 0 Å². The summed E-state index contributed by atoms with van der Waals surface area (Å²) in [5.41, 5.74) is 6.48. The Balaban J connectivity index is 1.76. The van der Waals surface area contributed by atoms with Gasteiger partial charge < -0.3 is 10.1 Å². The van der Waals surface area contributed by atoms with Crippen LogP contribution in [-0.2, 0) is 0 Å². The van der Waals surface area contributed by atoms with Gasteiger partial charge in [0, 0.05) is 26.9 Å². The van der Waals surface area contributed by atoms with Gasteiger partial charge >= 0.3 is 0 Å². The summed E-state index contributed by atoms with van der Waals surface area (Å²) in [7, 11) is 0. The van der Waals surface area contributed by atoms with Gasteiger partial charge in [-0.15, -0.1) is 0 Å². The van der Waals surface area contributed by atoms with Crippen LogP contribution in [0.5, 0.6) is 5.75 Å². The first-order valence-corrected chi connectivity index (χ1v) is 12.1. The molecule has 1 heterocycles. The van der Waals surface area contributed by atoms with Gasteiger partial charge in [-0.25, -0.2) is 0 Å². The van der Waals surface area contributed by atoms with E-state index in [2.05, 4.69) is 106 Å². The fourth-order valence-electron chi connectivity index (χ4n) is 5.03. The van der Waals surface area contributed by atoms with Crippen LogP contribution in [0.25, 0.3) is 32.9 Å². The quantitative estimate of drug-likeness (QED) is 0.248. The fraction of sp³-hybridized carbons (Fsp3) is 0.0323. The van der Waals surface area contributed by atoms with Crippen LogP contribution in [0.3, 0.4) is 0 Å². The summed E-state index contributed by atoms with van der Waals surface area (Å²) in [6, 6.07) is 39.4. The lowest BCUT2D eigenvalue weighted by Gasteiger charge is -2.23. The molecule has 34 heavy (non-hydrogen) atoms. The van der Waals surface area contributed by atoms with Crippen molar-refractivity contribution in [1.29, 1.82) is 0 Å². The minimum Gasteiger partial charge on any atom is -0.508 e. The Hall–Kier alpha value is -3.82. The Morgan fingerprint density at radius 2 is 1.32 bits per heavy atom. The van der Waals surface area contributed by atoms with Crippen LogP contribution in [0.4, 0.5) is 0 Å². The topological polar surface area (TPSA) is 36.0 Å². The van der Waals surface area contributed by atoms with E-state index in [9.17, 15) is 5.11 Å². The molecule has 0 unspecified atom stereocenters. The molecule has 0 radical (unpaired) electrons. The van der Waals surface area contributed by atoms with Gasteiger partial charge in [-0.3, -0.25) is 0 Å². The van der Waals surface area contributed by atoms with E-state index in [1.54, 1.807) is 0 Å². The summed E-state index contributed by atoms with van der Waals surface area (Å²) in [6.07, 6.45) is 0. The number of benzene rings is 5. The second-order valence-electron chi connectivity index (χ2n) is 8.53. The van der Waals surface area contributed by atoms with E-state index in [0.29, 0.717) is 5.75 Å². The SMILES string of the molecule is Oc1ccc2ccc(Br)cc2c1[C@H](c1ccccc1)c1c(-c2ccccc2)[nH]c2ccccc12. The van der Waals surface area contributed by atoms with Crippen molar-refractivity contribution in [2.45, 2.75) is 5.92 Å². The highest BCUT2D eigenvalue weighted by atomic mass is 79.9. The van der Waals surface area contributed by atoms with E-state index in [1.165, 1.54) is 0 Å². The van der Waals surface area contributed by atoms with Crippen molar-refractivity contribution in [3.05, 3.63) is 136 Å². The van der Waals surface area contributed by atoms with Gasteiger partial charge in [-0.05, 0) is 51.7 Å². The molecule has 0 spiro atoms. The van der Waals surface area contributed by atoms with E-state index >= 15 is 0 Å². The summed E-state index contributed by atoms with van der Waals surface area (Å²) < 4.78 is 0.987. The Kier molecular flexibility index (Phi) is 5.20. The molecule has 0 aliphatic carbocycles. The predicted molar refractivity (Wildman–Crippen MR) is 144 cm³/mol. The summed E-state index contributed by atoms with van der Waals surface area (Å²) in [5, 5.41) is 14.6. The number of phenols is 1. The van der Waals surface area contributed by atoms with E-state index in [0.717, 1.165) is 54.1 Å². The number of phenolic OH excluding ortho intramolecular Hbond substituents is 1. The Labute approximate surface area is 206 Å². The number of aromatic nitrogens is 1. The third-order valence-electron chi connectivity index (χ3n) is 6.52. The van der Waals surface area contributed by atoms with Crippen LogP contribution in [-0.4, -0.2) is 10.1 Å². The molecule has 1 atom stereocenters. The lowest BCUT2D eigenvalue weighted by Crippen LogP contribution is -2.06. The lowest BCUT2D eigenvalue weighted by atomic mass is 9.80. The molecule has 5 aromatic carbocycles. The Morgan fingerprint density at radius 1 is 0.647 bits per heavy atom. The zero-order chi connectivity index (χ0) is 23.1. The normalized spacial score (nSPS) is 12.3. The van der Waals surface area contributed by atoms with Crippen molar-refractivity contribution in [3.63, 3.8) is 0 Å². The van der Waals surface area contributed by atoms with Gasteiger partial charge in [-0.1, -0.05) is 107 Å². The lowest BCUT2D eigenvalue weighted by molar-refractivity contribution is 0.468. The molecule has 0 aliphatic heterocycles. The molecular weight excluding hydrogens is 482 g/mol. The largest absolute Gasteiger partial charge is 0.508 e. The van der Waals surface area contributed by atoms with Crippen molar-refractivity contribution in [3.8, 4) is 17.0 Å². The molecule has 0 fully saturated rings. The highest BCUT2D eigenvalue weighted by Crippen LogP contribution is 2.47. The van der Waals surface area contributed by atoms with Crippen molar-refractivity contribution >= 4 is 37.6 Å². The molecular formula is C31H22BrNO. The van der Waals surface area contributed by atoms with Gasteiger partial charge in [0.05, 0.1) is 5.69 Å². The maximum atomic E-state index is 11.3. The van der Waals surface area contributed by atoms with E-state index in [1.807, 2.05) is 30.3 Å². The second-order valence-corrected chi connectivity index (χ2v) is 9.45. The zero-order valence-electron chi connectivity index (χ0n) is 18.4. The van der Waals surface area contributed by atoms with Crippen LogP contribution in [0.1, 0.15) is 22.6 Å². The molecule has 0 bridgehead atoms. The molecule has 164 valence electrons. The average molecular weight is 504 g/mol. The molecule has 2 nitrogen and oxygen atoms in total. The number of halogens is 1. The maximum Gasteiger partial charge on any atom is 0.120 e. The molecule has 0 amide bonds. The number of fused-ring (bicyclic) bond motifs is 2. The summed E-state index contributed by atoms with van der Waals surface area (Å²) >= 11 is 3.65. The van der Waals surface area contributed by atoms with E-state index in [-0.39, 0.29) is 5.92 Å². The first-order chi connectivity index (χ1) is 16.7. The fourth-order valence-corrected chi connectivity index (χ4v) is 5.39. The average Bonchev–Trinajstić information content (AvgIpc) is 3.26. The van der Waals surface area contributed by atoms with Crippen LogP contribution < -0.4 is 0 Å². The highest BCUT2D eigenvalue weighted by molar-refractivity contribution is 9.10. The first-order valence-electron chi connectivity index (χ1n) is 11.3. The second kappa shape index (κ2) is 8.51. The first kappa shape index (κ1) is 20.8.